The Balaban J connectivity index is 0.00000264. The molecule has 10 heteroatoms. The number of nitrogens with zero attached hydrogens (tertiary/aromatic N) is 4. The van der Waals surface area contributed by atoms with E-state index in [-0.39, 0.29) is 38.8 Å². The Kier molecular flexibility index (Phi) is 7.20. The summed E-state index contributed by atoms with van der Waals surface area (Å²) in [5.74, 6) is 0. The van der Waals surface area contributed by atoms with Gasteiger partial charge in [0, 0.05) is 56.2 Å². The van der Waals surface area contributed by atoms with E-state index in [1.807, 2.05) is 13.8 Å². The minimum atomic E-state index is -4.20. The van der Waals surface area contributed by atoms with Gasteiger partial charge in [0.2, 0.25) is 0 Å². The van der Waals surface area contributed by atoms with Crippen LogP contribution in [0.2, 0.25) is 0 Å². The van der Waals surface area contributed by atoms with E-state index < -0.39 is 20.0 Å². The standard InChI is InChI=1S/C13H18N4O4P.Y/c1-8(11(4)21-7-22(18,19)20)10(3)17-6-16-12-9(2)14-5-15-13(12)17;/h6,10-11H,1,7H2,2-4H3,(H2,18,19,20);/q-1;/t10-,11+;/m0./s1. The Bertz CT molecular complexity index is 745. The largest absolute Gasteiger partial charge is 0.369 e. The van der Waals surface area contributed by atoms with Crippen molar-refractivity contribution in [2.45, 2.75) is 32.9 Å². The van der Waals surface area contributed by atoms with E-state index in [0.717, 1.165) is 5.69 Å². The average molecular weight is 414 g/mol. The van der Waals surface area contributed by atoms with E-state index in [0.29, 0.717) is 16.7 Å². The van der Waals surface area contributed by atoms with Crippen LogP contribution in [-0.4, -0.2) is 41.8 Å². The maximum atomic E-state index is 10.9. The number of hydrogen-bond donors (Lipinski definition) is 2. The number of rotatable bonds is 6. The van der Waals surface area contributed by atoms with Gasteiger partial charge in [0.05, 0.1) is 12.4 Å². The summed E-state index contributed by atoms with van der Waals surface area (Å²) in [6.07, 6.45) is 3.04. The van der Waals surface area contributed by atoms with Gasteiger partial charge in [-0.15, -0.1) is 0 Å². The molecule has 23 heavy (non-hydrogen) atoms. The summed E-state index contributed by atoms with van der Waals surface area (Å²) in [6.45, 7) is 9.36. The number of hydrogen-bond acceptors (Lipinski definition) is 5. The molecule has 0 aromatic carbocycles. The van der Waals surface area contributed by atoms with Crippen molar-refractivity contribution in [1.82, 2.24) is 19.5 Å². The average Bonchev–Trinajstić information content (AvgIpc) is 2.87. The molecule has 0 aliphatic heterocycles. The van der Waals surface area contributed by atoms with Crippen LogP contribution in [0.5, 0.6) is 0 Å². The van der Waals surface area contributed by atoms with Crippen LogP contribution in [0.4, 0.5) is 0 Å². The summed E-state index contributed by atoms with van der Waals surface area (Å²) >= 11 is 0. The first kappa shape index (κ1) is 20.5. The zero-order valence-electron chi connectivity index (χ0n) is 13.2. The summed E-state index contributed by atoms with van der Waals surface area (Å²) in [7, 11) is -4.20. The maximum Gasteiger partial charge on any atom is 0.351 e. The van der Waals surface area contributed by atoms with Crippen LogP contribution < -0.4 is 0 Å². The molecule has 2 atom stereocenters. The molecule has 8 nitrogen and oxygen atoms in total. The van der Waals surface area contributed by atoms with E-state index in [1.54, 1.807) is 17.8 Å². The number of imidazole rings is 1. The molecule has 0 spiro atoms. The van der Waals surface area contributed by atoms with Gasteiger partial charge in [0.1, 0.15) is 6.35 Å². The van der Waals surface area contributed by atoms with Crippen LogP contribution in [0.25, 0.3) is 11.2 Å². The predicted octanol–water partition coefficient (Wildman–Crippen LogP) is 1.59. The monoisotopic (exact) mass is 414 g/mol. The Morgan fingerprint density at radius 2 is 2.13 bits per heavy atom. The first-order chi connectivity index (χ1) is 10.2. The first-order valence-electron chi connectivity index (χ1n) is 6.63. The summed E-state index contributed by atoms with van der Waals surface area (Å²) in [5, 5.41) is 0. The number of aryl methyl sites for hydroxylation is 1. The molecule has 2 aromatic heterocycles. The summed E-state index contributed by atoms with van der Waals surface area (Å²) < 4.78 is 17.9. The second-order valence-electron chi connectivity index (χ2n) is 5.09. The minimum absolute atomic E-state index is 0. The third-order valence-electron chi connectivity index (χ3n) is 3.45. The molecule has 123 valence electrons. The smallest absolute Gasteiger partial charge is 0.351 e. The van der Waals surface area contributed by atoms with Gasteiger partial charge in [-0.05, 0) is 25.1 Å². The normalized spacial score (nSPS) is 14.3. The van der Waals surface area contributed by atoms with E-state index in [4.69, 9.17) is 14.5 Å². The van der Waals surface area contributed by atoms with Crippen LogP contribution >= 0.6 is 7.60 Å². The van der Waals surface area contributed by atoms with Crippen molar-refractivity contribution < 1.29 is 51.8 Å². The molecular formula is C13H18N4O4PY-. The van der Waals surface area contributed by atoms with Gasteiger partial charge in [-0.1, -0.05) is 13.5 Å². The molecule has 0 amide bonds. The molecule has 0 saturated heterocycles. The Labute approximate surface area is 159 Å². The molecule has 1 radical (unpaired) electrons. The third-order valence-corrected chi connectivity index (χ3v) is 3.94. The SMILES string of the molecule is C=C([C@@H](C)OCP(=O)(O)O)[C@H](C)n1cnc2c(C)n[c-]nc21.[Y]. The Morgan fingerprint density at radius 1 is 1.48 bits per heavy atom. The molecule has 0 saturated carbocycles. The van der Waals surface area contributed by atoms with Crippen molar-refractivity contribution in [3.8, 4) is 0 Å². The molecule has 2 aromatic rings. The fraction of sp³-hybridized carbons (Fsp3) is 0.462. The Hall–Kier alpha value is -0.496. The van der Waals surface area contributed by atoms with Crippen LogP contribution in [0.3, 0.4) is 0 Å². The first-order valence-corrected chi connectivity index (χ1v) is 8.42. The summed E-state index contributed by atoms with van der Waals surface area (Å²) in [4.78, 5) is 30.1. The summed E-state index contributed by atoms with van der Waals surface area (Å²) in [6, 6.07) is -0.209. The molecule has 0 fully saturated rings. The van der Waals surface area contributed by atoms with Crippen LogP contribution in [0.15, 0.2) is 18.5 Å². The van der Waals surface area contributed by atoms with E-state index >= 15 is 0 Å². The van der Waals surface area contributed by atoms with Crippen LogP contribution in [-0.2, 0) is 42.0 Å². The fourth-order valence-corrected chi connectivity index (χ4v) is 2.46. The molecule has 0 bridgehead atoms. The van der Waals surface area contributed by atoms with Gasteiger partial charge in [-0.2, -0.15) is 0 Å². The molecule has 2 rings (SSSR count). The number of ether oxygens (including phenoxy) is 1. The van der Waals surface area contributed by atoms with Crippen molar-refractivity contribution in [1.29, 1.82) is 0 Å². The predicted molar refractivity (Wildman–Crippen MR) is 80.2 cm³/mol. The van der Waals surface area contributed by atoms with Crippen molar-refractivity contribution in [3.63, 3.8) is 0 Å². The van der Waals surface area contributed by atoms with Crippen LogP contribution in [0, 0.1) is 13.3 Å². The second kappa shape index (κ2) is 8.05. The quantitative estimate of drug-likeness (QED) is 0.420. The zero-order valence-corrected chi connectivity index (χ0v) is 16.9. The zero-order chi connectivity index (χ0) is 16.5. The fourth-order valence-electron chi connectivity index (χ4n) is 2.04. The van der Waals surface area contributed by atoms with Gasteiger partial charge in [-0.3, -0.25) is 9.55 Å². The van der Waals surface area contributed by atoms with Crippen LogP contribution in [0.1, 0.15) is 25.6 Å². The van der Waals surface area contributed by atoms with E-state index in [1.165, 1.54) is 0 Å². The van der Waals surface area contributed by atoms with Gasteiger partial charge in [-0.25, -0.2) is 0 Å². The second-order valence-corrected chi connectivity index (χ2v) is 6.67. The van der Waals surface area contributed by atoms with Crippen molar-refractivity contribution in [2.75, 3.05) is 6.35 Å². The molecule has 2 heterocycles. The summed E-state index contributed by atoms with van der Waals surface area (Å²) in [5.41, 5.74) is 2.70. The molecule has 0 aliphatic rings. The van der Waals surface area contributed by atoms with Crippen molar-refractivity contribution in [3.05, 3.63) is 30.5 Å². The van der Waals surface area contributed by atoms with Gasteiger partial charge in [0.25, 0.3) is 0 Å². The van der Waals surface area contributed by atoms with Gasteiger partial charge < -0.3 is 29.1 Å². The van der Waals surface area contributed by atoms with E-state index in [2.05, 4.69) is 27.9 Å². The van der Waals surface area contributed by atoms with Gasteiger partial charge >= 0.3 is 7.60 Å². The van der Waals surface area contributed by atoms with Crippen molar-refractivity contribution >= 4 is 18.8 Å². The van der Waals surface area contributed by atoms with Crippen molar-refractivity contribution in [2.24, 2.45) is 0 Å². The number of fused-ring (bicyclic) bond motifs is 1. The van der Waals surface area contributed by atoms with Gasteiger partial charge in [0.15, 0.2) is 0 Å². The topological polar surface area (TPSA) is 110 Å². The molecule has 2 N–H and O–H groups in total. The Morgan fingerprint density at radius 3 is 2.74 bits per heavy atom. The maximum absolute atomic E-state index is 10.9. The number of aromatic nitrogens is 4. The molecule has 0 aliphatic carbocycles. The minimum Gasteiger partial charge on any atom is -0.369 e. The van der Waals surface area contributed by atoms with E-state index in [9.17, 15) is 4.57 Å². The molecular weight excluding hydrogens is 396 g/mol. The third kappa shape index (κ3) is 4.99. The molecule has 0 unspecified atom stereocenters.